The summed E-state index contributed by atoms with van der Waals surface area (Å²) in [6, 6.07) is 0. The van der Waals surface area contributed by atoms with Crippen molar-refractivity contribution in [1.29, 1.82) is 0 Å². The van der Waals surface area contributed by atoms with E-state index in [0.717, 1.165) is 47.3 Å². The zero-order valence-corrected chi connectivity index (χ0v) is 23.7. The molecule has 14 unspecified atom stereocenters. The lowest BCUT2D eigenvalue weighted by molar-refractivity contribution is -0.194. The summed E-state index contributed by atoms with van der Waals surface area (Å²) >= 11 is 0. The molecule has 0 aromatic carbocycles. The van der Waals surface area contributed by atoms with Crippen LogP contribution in [-0.4, -0.2) is 0 Å². The molecule has 0 nitrogen and oxygen atoms in total. The van der Waals surface area contributed by atoms with Crippen LogP contribution in [0.2, 0.25) is 0 Å². The van der Waals surface area contributed by atoms with Crippen LogP contribution in [0.25, 0.3) is 0 Å². The highest BCUT2D eigenvalue weighted by atomic mass is 14.9. The maximum atomic E-state index is 2.89. The maximum Gasteiger partial charge on any atom is -0.0182 e. The van der Waals surface area contributed by atoms with Gasteiger partial charge in [-0.15, -0.1) is 0 Å². The Hall–Kier alpha value is 0. The van der Waals surface area contributed by atoms with Crippen LogP contribution in [0.15, 0.2) is 0 Å². The zero-order chi connectivity index (χ0) is 23.7. The lowest BCUT2D eigenvalue weighted by Crippen LogP contribution is -2.61. The van der Waals surface area contributed by atoms with E-state index in [2.05, 4.69) is 83.1 Å². The smallest absolute Gasteiger partial charge is 0.0182 e. The Morgan fingerprint density at radius 1 is 0.656 bits per heavy atom. The van der Waals surface area contributed by atoms with Gasteiger partial charge < -0.3 is 0 Å². The molecule has 0 N–H and O–H groups in total. The van der Waals surface area contributed by atoms with Crippen molar-refractivity contribution in [1.82, 2.24) is 0 Å². The van der Waals surface area contributed by atoms with Crippen molar-refractivity contribution in [3.8, 4) is 0 Å². The van der Waals surface area contributed by atoms with E-state index >= 15 is 0 Å². The van der Waals surface area contributed by atoms with E-state index in [9.17, 15) is 0 Å². The van der Waals surface area contributed by atoms with Gasteiger partial charge in [-0.1, -0.05) is 83.1 Å². The van der Waals surface area contributed by atoms with Gasteiger partial charge in [-0.2, -0.15) is 0 Å². The summed E-state index contributed by atoms with van der Waals surface area (Å²) in [4.78, 5) is 0. The van der Waals surface area contributed by atoms with E-state index < -0.39 is 0 Å². The molecule has 182 valence electrons. The second kappa shape index (κ2) is 5.53. The van der Waals surface area contributed by atoms with Gasteiger partial charge >= 0.3 is 0 Å². The van der Waals surface area contributed by atoms with E-state index in [0.29, 0.717) is 37.9 Å². The molecule has 0 spiro atoms. The molecule has 0 heteroatoms. The van der Waals surface area contributed by atoms with Crippen molar-refractivity contribution in [2.45, 2.75) is 115 Å². The Labute approximate surface area is 200 Å². The van der Waals surface area contributed by atoms with Crippen LogP contribution in [0.5, 0.6) is 0 Å². The van der Waals surface area contributed by atoms with E-state index in [-0.39, 0.29) is 0 Å². The molecular formula is C32H54. The molecule has 7 aliphatic rings. The fourth-order valence-corrected chi connectivity index (χ4v) is 15.0. The molecule has 7 aliphatic carbocycles. The van der Waals surface area contributed by atoms with Crippen LogP contribution in [0.1, 0.15) is 115 Å². The molecule has 0 heterocycles. The summed E-state index contributed by atoms with van der Waals surface area (Å²) in [5.74, 6) is 6.99. The first-order valence-corrected chi connectivity index (χ1v) is 14.5. The maximum absolute atomic E-state index is 2.89. The van der Waals surface area contributed by atoms with Gasteiger partial charge in [0.1, 0.15) is 0 Å². The van der Waals surface area contributed by atoms with Crippen LogP contribution in [0.4, 0.5) is 0 Å². The highest BCUT2D eigenvalue weighted by Gasteiger charge is 2.84. The van der Waals surface area contributed by atoms with Crippen LogP contribution in [-0.2, 0) is 0 Å². The van der Waals surface area contributed by atoms with Crippen LogP contribution < -0.4 is 0 Å². The second-order valence-electron chi connectivity index (χ2n) is 16.5. The minimum absolute atomic E-state index is 0.335. The van der Waals surface area contributed by atoms with Crippen molar-refractivity contribution < 1.29 is 0 Å². The van der Waals surface area contributed by atoms with Gasteiger partial charge in [0.05, 0.1) is 0 Å². The monoisotopic (exact) mass is 438 g/mol. The average Bonchev–Trinajstić information content (AvgIpc) is 2.90. The lowest BCUT2D eigenvalue weighted by atomic mass is 9.37. The van der Waals surface area contributed by atoms with Gasteiger partial charge in [0, 0.05) is 0 Å². The van der Waals surface area contributed by atoms with Crippen LogP contribution in [0.3, 0.4) is 0 Å². The molecule has 32 heavy (non-hydrogen) atoms. The molecule has 0 aliphatic heterocycles. The number of hydrogen-bond donors (Lipinski definition) is 0. The molecule has 0 aromatic heterocycles. The van der Waals surface area contributed by atoms with Crippen molar-refractivity contribution >= 4 is 0 Å². The zero-order valence-electron chi connectivity index (χ0n) is 23.7. The van der Waals surface area contributed by atoms with Gasteiger partial charge in [0.15, 0.2) is 0 Å². The fourth-order valence-electron chi connectivity index (χ4n) is 15.0. The highest BCUT2D eigenvalue weighted by Crippen LogP contribution is 2.90. The fraction of sp³-hybridized carbons (Fsp3) is 1.00. The molecule has 0 amide bonds. The molecule has 0 saturated heterocycles. The predicted octanol–water partition coefficient (Wildman–Crippen LogP) is 9.09. The van der Waals surface area contributed by atoms with Gasteiger partial charge in [-0.3, -0.25) is 0 Å². The standard InChI is InChI=1S/C32H54/c1-18-15-22-13-14-24-25-21(4)31(11,29(18,24)9)26(5,6)28(8)17-27(7)16-23(19(28)2)20(3)32(27,12)30(22,25)10/h18-25H,13-17H2,1-12H3. The summed E-state index contributed by atoms with van der Waals surface area (Å²) in [5, 5.41) is 0. The first-order chi connectivity index (χ1) is 14.5. The summed E-state index contributed by atoms with van der Waals surface area (Å²) in [5.41, 5.74) is 3.01. The van der Waals surface area contributed by atoms with E-state index in [1.807, 2.05) is 0 Å². The summed E-state index contributed by atoms with van der Waals surface area (Å²) in [7, 11) is 0. The van der Waals surface area contributed by atoms with Crippen molar-refractivity contribution in [2.75, 3.05) is 0 Å². The Morgan fingerprint density at radius 3 is 1.91 bits per heavy atom. The normalized spacial score (nSPS) is 70.9. The number of hydrogen-bond acceptors (Lipinski definition) is 0. The molecular weight excluding hydrogens is 384 g/mol. The highest BCUT2D eigenvalue weighted by molar-refractivity contribution is 5.31. The third-order valence-electron chi connectivity index (χ3n) is 17.5. The third kappa shape index (κ3) is 1.67. The summed E-state index contributed by atoms with van der Waals surface area (Å²) < 4.78 is 0. The molecule has 8 bridgehead atoms. The molecule has 0 radical (unpaired) electrons. The Morgan fingerprint density at radius 2 is 1.28 bits per heavy atom. The number of fused-ring (bicyclic) bond motifs is 5. The molecule has 7 saturated carbocycles. The molecule has 0 aromatic rings. The van der Waals surface area contributed by atoms with Crippen LogP contribution in [0, 0.1) is 85.2 Å². The minimum Gasteiger partial charge on any atom is -0.0619 e. The summed E-state index contributed by atoms with van der Waals surface area (Å²) in [6.45, 7) is 33.4. The SMILES string of the molecule is CC1C2CC3(C)CC1(C)C(C)(C)C1(C)C(C)C4C5CCC(CC(C)C51C)C4(C)C3(C)C2C. The molecule has 7 rings (SSSR count). The Bertz CT molecular complexity index is 869. The number of rotatable bonds is 0. The van der Waals surface area contributed by atoms with Crippen molar-refractivity contribution in [3.63, 3.8) is 0 Å². The molecule has 14 atom stereocenters. The van der Waals surface area contributed by atoms with Gasteiger partial charge in [0.2, 0.25) is 0 Å². The first kappa shape index (κ1) is 22.5. The average molecular weight is 439 g/mol. The predicted molar refractivity (Wildman–Crippen MR) is 136 cm³/mol. The Balaban J connectivity index is 1.80. The summed E-state index contributed by atoms with van der Waals surface area (Å²) in [6.07, 6.45) is 7.47. The minimum atomic E-state index is 0.335. The van der Waals surface area contributed by atoms with Gasteiger partial charge in [0.25, 0.3) is 0 Å². The van der Waals surface area contributed by atoms with E-state index in [4.69, 9.17) is 0 Å². The van der Waals surface area contributed by atoms with E-state index in [1.165, 1.54) is 32.1 Å². The van der Waals surface area contributed by atoms with Crippen molar-refractivity contribution in [3.05, 3.63) is 0 Å². The van der Waals surface area contributed by atoms with Gasteiger partial charge in [-0.25, -0.2) is 0 Å². The first-order valence-electron chi connectivity index (χ1n) is 14.5. The van der Waals surface area contributed by atoms with E-state index in [1.54, 1.807) is 0 Å². The van der Waals surface area contributed by atoms with Gasteiger partial charge in [-0.05, 0) is 117 Å². The second-order valence-corrected chi connectivity index (χ2v) is 16.5. The topological polar surface area (TPSA) is 0 Å². The van der Waals surface area contributed by atoms with Crippen molar-refractivity contribution in [2.24, 2.45) is 85.2 Å². The quantitative estimate of drug-likeness (QED) is 0.354. The largest absolute Gasteiger partial charge is 0.0619 e. The van der Waals surface area contributed by atoms with Crippen LogP contribution >= 0.6 is 0 Å². The Kier molecular flexibility index (Phi) is 3.89. The third-order valence-corrected chi connectivity index (χ3v) is 17.5. The molecule has 7 fully saturated rings. The lowest BCUT2D eigenvalue weighted by Gasteiger charge is -2.67.